The predicted octanol–water partition coefficient (Wildman–Crippen LogP) is 2.95. The number of urea groups is 1. The molecular formula is C19H23N3O2. The van der Waals surface area contributed by atoms with Crippen molar-refractivity contribution in [3.63, 3.8) is 0 Å². The lowest BCUT2D eigenvalue weighted by Gasteiger charge is -2.08. The molecule has 0 radical (unpaired) electrons. The van der Waals surface area contributed by atoms with Crippen molar-refractivity contribution in [2.75, 3.05) is 18.4 Å². The molecule has 126 valence electrons. The van der Waals surface area contributed by atoms with E-state index in [4.69, 9.17) is 0 Å². The van der Waals surface area contributed by atoms with Gasteiger partial charge < -0.3 is 16.0 Å². The van der Waals surface area contributed by atoms with Gasteiger partial charge in [0.05, 0.1) is 0 Å². The van der Waals surface area contributed by atoms with E-state index in [9.17, 15) is 9.59 Å². The fraction of sp³-hybridized carbons (Fsp3) is 0.263. The van der Waals surface area contributed by atoms with Gasteiger partial charge in [0.1, 0.15) is 0 Å². The fourth-order valence-corrected chi connectivity index (χ4v) is 2.24. The van der Waals surface area contributed by atoms with Gasteiger partial charge in [-0.15, -0.1) is 0 Å². The first-order valence-corrected chi connectivity index (χ1v) is 8.14. The summed E-state index contributed by atoms with van der Waals surface area (Å²) in [5.74, 6) is -0.0527. The molecule has 0 spiro atoms. The minimum atomic E-state index is -0.307. The summed E-state index contributed by atoms with van der Waals surface area (Å²) in [5, 5.41) is 8.24. The number of anilines is 1. The second-order valence-electron chi connectivity index (χ2n) is 5.44. The Labute approximate surface area is 142 Å². The zero-order valence-corrected chi connectivity index (χ0v) is 13.6. The number of hydrogen-bond acceptors (Lipinski definition) is 2. The molecule has 0 aliphatic rings. The van der Waals surface area contributed by atoms with Crippen LogP contribution in [0, 0.1) is 0 Å². The van der Waals surface area contributed by atoms with Gasteiger partial charge in [0.25, 0.3) is 0 Å². The third kappa shape index (κ3) is 6.96. The Morgan fingerprint density at radius 3 is 2.17 bits per heavy atom. The zero-order valence-electron chi connectivity index (χ0n) is 13.6. The van der Waals surface area contributed by atoms with Crippen LogP contribution < -0.4 is 16.0 Å². The van der Waals surface area contributed by atoms with E-state index in [1.54, 1.807) is 12.1 Å². The van der Waals surface area contributed by atoms with E-state index in [-0.39, 0.29) is 18.4 Å². The van der Waals surface area contributed by atoms with Crippen molar-refractivity contribution < 1.29 is 9.59 Å². The Hall–Kier alpha value is -2.82. The van der Waals surface area contributed by atoms with Gasteiger partial charge in [0.15, 0.2) is 0 Å². The van der Waals surface area contributed by atoms with Gasteiger partial charge in [-0.3, -0.25) is 4.79 Å². The molecule has 3 amide bonds. The summed E-state index contributed by atoms with van der Waals surface area (Å²) in [5.41, 5.74) is 1.99. The molecular weight excluding hydrogens is 302 g/mol. The lowest BCUT2D eigenvalue weighted by molar-refractivity contribution is -0.120. The normalized spacial score (nSPS) is 10.0. The molecule has 24 heavy (non-hydrogen) atoms. The molecule has 0 unspecified atom stereocenters. The van der Waals surface area contributed by atoms with E-state index in [0.29, 0.717) is 13.1 Å². The number of amides is 3. The molecule has 2 aromatic rings. The van der Waals surface area contributed by atoms with Gasteiger partial charge >= 0.3 is 6.03 Å². The summed E-state index contributed by atoms with van der Waals surface area (Å²) >= 11 is 0. The van der Waals surface area contributed by atoms with Gasteiger partial charge in [-0.2, -0.15) is 0 Å². The Morgan fingerprint density at radius 1 is 0.792 bits per heavy atom. The van der Waals surface area contributed by atoms with Crippen molar-refractivity contribution >= 4 is 17.6 Å². The monoisotopic (exact) mass is 325 g/mol. The first-order chi connectivity index (χ1) is 11.7. The summed E-state index contributed by atoms with van der Waals surface area (Å²) in [6, 6.07) is 19.1. The molecule has 0 bridgehead atoms. The molecule has 0 heterocycles. The van der Waals surface area contributed by atoms with E-state index < -0.39 is 0 Å². The van der Waals surface area contributed by atoms with Crippen LogP contribution in [0.3, 0.4) is 0 Å². The number of para-hydroxylation sites is 1. The Kier molecular flexibility index (Phi) is 7.34. The van der Waals surface area contributed by atoms with Gasteiger partial charge in [-0.05, 0) is 30.5 Å². The van der Waals surface area contributed by atoms with Crippen molar-refractivity contribution in [3.05, 3.63) is 66.2 Å². The third-order valence-corrected chi connectivity index (χ3v) is 3.48. The predicted molar refractivity (Wildman–Crippen MR) is 95.9 cm³/mol. The highest BCUT2D eigenvalue weighted by Gasteiger charge is 2.04. The first kappa shape index (κ1) is 17.5. The molecule has 2 aromatic carbocycles. The molecule has 0 saturated carbocycles. The molecule has 0 aromatic heterocycles. The molecule has 5 heteroatoms. The topological polar surface area (TPSA) is 70.2 Å². The molecule has 0 aliphatic heterocycles. The summed E-state index contributed by atoms with van der Waals surface area (Å²) in [6.45, 7) is 0.952. The minimum absolute atomic E-state index is 0.0527. The van der Waals surface area contributed by atoms with E-state index in [2.05, 4.69) is 28.1 Å². The number of aryl methyl sites for hydroxylation is 1. The molecule has 0 fully saturated rings. The molecule has 0 aliphatic carbocycles. The maximum Gasteiger partial charge on any atom is 0.319 e. The van der Waals surface area contributed by atoms with Crippen molar-refractivity contribution in [1.29, 1.82) is 0 Å². The highest BCUT2D eigenvalue weighted by molar-refractivity contribution is 5.89. The largest absolute Gasteiger partial charge is 0.356 e. The van der Waals surface area contributed by atoms with Crippen LogP contribution in [0.1, 0.15) is 18.4 Å². The first-order valence-electron chi connectivity index (χ1n) is 8.14. The highest BCUT2D eigenvalue weighted by Crippen LogP contribution is 2.04. The molecule has 3 N–H and O–H groups in total. The minimum Gasteiger partial charge on any atom is -0.356 e. The smallest absolute Gasteiger partial charge is 0.319 e. The van der Waals surface area contributed by atoms with E-state index >= 15 is 0 Å². The second-order valence-corrected chi connectivity index (χ2v) is 5.44. The number of nitrogens with one attached hydrogen (secondary N) is 3. The maximum absolute atomic E-state index is 11.7. The summed E-state index contributed by atoms with van der Waals surface area (Å²) in [7, 11) is 0. The van der Waals surface area contributed by atoms with Gasteiger partial charge in [-0.25, -0.2) is 4.79 Å². The lowest BCUT2D eigenvalue weighted by atomic mass is 10.1. The third-order valence-electron chi connectivity index (χ3n) is 3.48. The number of carbonyl (C=O) groups is 2. The quantitative estimate of drug-likeness (QED) is 0.653. The van der Waals surface area contributed by atoms with E-state index in [1.807, 2.05) is 36.4 Å². The number of carbonyl (C=O) groups excluding carboxylic acids is 2. The maximum atomic E-state index is 11.7. The van der Waals surface area contributed by atoms with E-state index in [0.717, 1.165) is 18.5 Å². The van der Waals surface area contributed by atoms with Crippen molar-refractivity contribution in [1.82, 2.24) is 10.6 Å². The van der Waals surface area contributed by atoms with Gasteiger partial charge in [-0.1, -0.05) is 48.5 Å². The Balaban J connectivity index is 1.52. The van der Waals surface area contributed by atoms with Crippen LogP contribution >= 0.6 is 0 Å². The summed E-state index contributed by atoms with van der Waals surface area (Å²) in [4.78, 5) is 23.4. The summed E-state index contributed by atoms with van der Waals surface area (Å²) in [6.07, 6.45) is 2.12. The van der Waals surface area contributed by atoms with Crippen LogP contribution in [0.15, 0.2) is 60.7 Å². The van der Waals surface area contributed by atoms with Crippen LogP contribution in [0.2, 0.25) is 0 Å². The van der Waals surface area contributed by atoms with Crippen LogP contribution in [0.25, 0.3) is 0 Å². The van der Waals surface area contributed by atoms with Crippen LogP contribution in [-0.4, -0.2) is 25.0 Å². The Morgan fingerprint density at radius 2 is 1.46 bits per heavy atom. The molecule has 2 rings (SSSR count). The van der Waals surface area contributed by atoms with Crippen molar-refractivity contribution in [3.8, 4) is 0 Å². The highest BCUT2D eigenvalue weighted by atomic mass is 16.2. The average Bonchev–Trinajstić information content (AvgIpc) is 2.60. The second kappa shape index (κ2) is 10.0. The number of hydrogen-bond donors (Lipinski definition) is 3. The standard InChI is InChI=1S/C19H23N3O2/c23-18(20-14-7-10-16-8-3-1-4-9-16)13-15-21-19(24)22-17-11-5-2-6-12-17/h1-6,8-9,11-12H,7,10,13-15H2,(H,20,23)(H2,21,22,24). The SMILES string of the molecule is O=C(CCNC(=O)Nc1ccccc1)NCCCc1ccccc1. The average molecular weight is 325 g/mol. The Bertz CT molecular complexity index is 630. The molecule has 0 atom stereocenters. The number of rotatable bonds is 8. The summed E-state index contributed by atoms with van der Waals surface area (Å²) < 4.78 is 0. The van der Waals surface area contributed by atoms with Crippen molar-refractivity contribution in [2.24, 2.45) is 0 Å². The molecule has 0 saturated heterocycles. The molecule has 5 nitrogen and oxygen atoms in total. The van der Waals surface area contributed by atoms with Crippen molar-refractivity contribution in [2.45, 2.75) is 19.3 Å². The lowest BCUT2D eigenvalue weighted by Crippen LogP contribution is -2.33. The van der Waals surface area contributed by atoms with Gasteiger partial charge in [0, 0.05) is 25.2 Å². The zero-order chi connectivity index (χ0) is 17.0. The number of benzene rings is 2. The fourth-order valence-electron chi connectivity index (χ4n) is 2.24. The van der Waals surface area contributed by atoms with E-state index in [1.165, 1.54) is 5.56 Å². The van der Waals surface area contributed by atoms with Gasteiger partial charge in [0.2, 0.25) is 5.91 Å². The van der Waals surface area contributed by atoms with Crippen LogP contribution in [0.4, 0.5) is 10.5 Å². The van der Waals surface area contributed by atoms with Crippen LogP contribution in [-0.2, 0) is 11.2 Å². The van der Waals surface area contributed by atoms with Crippen LogP contribution in [0.5, 0.6) is 0 Å².